The fourth-order valence-corrected chi connectivity index (χ4v) is 10.9. The molecule has 1 heterocycles. The van der Waals surface area contributed by atoms with E-state index in [-0.39, 0.29) is 0 Å². The van der Waals surface area contributed by atoms with Crippen LogP contribution in [-0.2, 0) is 0 Å². The van der Waals surface area contributed by atoms with Gasteiger partial charge in [-0.3, -0.25) is 0 Å². The van der Waals surface area contributed by atoms with E-state index < -0.39 is 0 Å². The van der Waals surface area contributed by atoms with Gasteiger partial charge in [0, 0.05) is 16.3 Å². The van der Waals surface area contributed by atoms with Gasteiger partial charge in [0.05, 0.1) is 0 Å². The van der Waals surface area contributed by atoms with Gasteiger partial charge in [0.15, 0.2) is 0 Å². The highest BCUT2D eigenvalue weighted by atomic mass is 16.5. The van der Waals surface area contributed by atoms with Crippen molar-refractivity contribution in [2.24, 2.45) is 0 Å². The third-order valence-electron chi connectivity index (χ3n) is 13.6. The Balaban J connectivity index is 1.12. The summed E-state index contributed by atoms with van der Waals surface area (Å²) in [7, 11) is 0. The third kappa shape index (κ3) is 4.55. The molecule has 0 saturated heterocycles. The maximum Gasteiger partial charge on any atom is 0.143 e. The van der Waals surface area contributed by atoms with Gasteiger partial charge in [-0.1, -0.05) is 176 Å². The van der Waals surface area contributed by atoms with E-state index in [1.165, 1.54) is 114 Å². The van der Waals surface area contributed by atoms with Crippen LogP contribution < -0.4 is 4.74 Å². The van der Waals surface area contributed by atoms with Crippen LogP contribution in [0.5, 0.6) is 11.5 Å². The molecule has 61 heavy (non-hydrogen) atoms. The normalized spacial score (nSPS) is 12.4. The number of rotatable bonds is 2. The molecule has 0 atom stereocenters. The number of hydrogen-bond acceptors (Lipinski definition) is 1. The molecule has 0 aliphatic carbocycles. The number of ether oxygens (including phenoxy) is 1. The lowest BCUT2D eigenvalue weighted by Crippen LogP contribution is -2.01. The molecule has 13 aromatic carbocycles. The van der Waals surface area contributed by atoms with Gasteiger partial charge in [-0.2, -0.15) is 0 Å². The minimum Gasteiger partial charge on any atom is -0.455 e. The fraction of sp³-hybridized carbons (Fsp3) is 0. The third-order valence-corrected chi connectivity index (χ3v) is 13.6. The van der Waals surface area contributed by atoms with Crippen LogP contribution >= 0.6 is 0 Å². The standard InChI is InChI=1S/C60H34O/c1-6-17-40-35(12-1)24-27-48-51(40)32-38-15-4-9-20-43(38)56(48)47-30-31-55-58-45(47)22-11-23-46(58)54-34-53(50-29-26-37-14-3-8-19-42(37)59(50)60(54)61-55)57-44-21-10-5-16-39(44)33-52-41-18-7-2-13-36(41)25-28-49(52)57/h1-34H. The Bertz CT molecular complexity index is 4080. The van der Waals surface area contributed by atoms with Crippen molar-refractivity contribution in [1.29, 1.82) is 0 Å². The summed E-state index contributed by atoms with van der Waals surface area (Å²) in [5, 5.41) is 22.1. The van der Waals surface area contributed by atoms with Gasteiger partial charge >= 0.3 is 0 Å². The molecule has 0 bridgehead atoms. The summed E-state index contributed by atoms with van der Waals surface area (Å²) in [4.78, 5) is 0. The van der Waals surface area contributed by atoms with Crippen molar-refractivity contribution in [3.8, 4) is 44.9 Å². The number of fused-ring (bicyclic) bond motifs is 14. The predicted octanol–water partition coefficient (Wildman–Crippen LogP) is 17.2. The molecular formula is C60H34O. The van der Waals surface area contributed by atoms with Crippen LogP contribution in [0.25, 0.3) is 130 Å². The maximum atomic E-state index is 7.32. The van der Waals surface area contributed by atoms with Crippen molar-refractivity contribution < 1.29 is 4.74 Å². The SMILES string of the molecule is c1ccc2c(-c3ccc4c5c(cccc35)-c3cc(-c5c6ccccc6cc6c5ccc5ccccc56)c5ccc6ccccc6c5c3O4)c3ccc4ccccc4c3cc2c1. The molecule has 0 spiro atoms. The molecule has 13 aromatic rings. The molecule has 0 fully saturated rings. The van der Waals surface area contributed by atoms with E-state index in [4.69, 9.17) is 4.74 Å². The van der Waals surface area contributed by atoms with E-state index in [0.29, 0.717) is 0 Å². The second kappa shape index (κ2) is 12.3. The zero-order valence-electron chi connectivity index (χ0n) is 33.0. The molecule has 14 rings (SSSR count). The van der Waals surface area contributed by atoms with E-state index in [1.54, 1.807) is 0 Å². The first kappa shape index (κ1) is 32.9. The van der Waals surface area contributed by atoms with Crippen molar-refractivity contribution in [2.45, 2.75) is 0 Å². The van der Waals surface area contributed by atoms with E-state index >= 15 is 0 Å². The molecule has 0 saturated carbocycles. The summed E-state index contributed by atoms with van der Waals surface area (Å²) in [6, 6.07) is 76.4. The van der Waals surface area contributed by atoms with E-state index in [0.717, 1.165) is 27.8 Å². The Morgan fingerprint density at radius 3 is 1.33 bits per heavy atom. The average Bonchev–Trinajstić information content (AvgIpc) is 3.32. The Kier molecular flexibility index (Phi) is 6.62. The summed E-state index contributed by atoms with van der Waals surface area (Å²) >= 11 is 0. The molecule has 0 amide bonds. The van der Waals surface area contributed by atoms with Crippen LogP contribution in [0.1, 0.15) is 0 Å². The number of hydrogen-bond donors (Lipinski definition) is 0. The van der Waals surface area contributed by atoms with Crippen LogP contribution in [0.4, 0.5) is 0 Å². The van der Waals surface area contributed by atoms with Crippen molar-refractivity contribution in [2.75, 3.05) is 0 Å². The topological polar surface area (TPSA) is 9.23 Å². The highest BCUT2D eigenvalue weighted by Gasteiger charge is 2.28. The fourth-order valence-electron chi connectivity index (χ4n) is 10.9. The van der Waals surface area contributed by atoms with Crippen molar-refractivity contribution in [3.63, 3.8) is 0 Å². The molecule has 1 aliphatic heterocycles. The molecule has 1 nitrogen and oxygen atoms in total. The molecule has 0 unspecified atom stereocenters. The first-order valence-electron chi connectivity index (χ1n) is 21.2. The van der Waals surface area contributed by atoms with Crippen LogP contribution in [0.15, 0.2) is 206 Å². The molecule has 0 aromatic heterocycles. The average molecular weight is 771 g/mol. The van der Waals surface area contributed by atoms with Crippen molar-refractivity contribution >= 4 is 97.0 Å². The zero-order chi connectivity index (χ0) is 39.8. The predicted molar refractivity (Wildman–Crippen MR) is 260 cm³/mol. The first-order chi connectivity index (χ1) is 30.3. The van der Waals surface area contributed by atoms with E-state index in [9.17, 15) is 0 Å². The summed E-state index contributed by atoms with van der Waals surface area (Å²) in [6.45, 7) is 0. The number of benzene rings is 13. The molecular weight excluding hydrogens is 737 g/mol. The second-order valence-electron chi connectivity index (χ2n) is 16.7. The van der Waals surface area contributed by atoms with Crippen LogP contribution in [0.2, 0.25) is 0 Å². The monoisotopic (exact) mass is 770 g/mol. The van der Waals surface area contributed by atoms with Crippen molar-refractivity contribution in [1.82, 2.24) is 0 Å². The summed E-state index contributed by atoms with van der Waals surface area (Å²) in [6.07, 6.45) is 0. The van der Waals surface area contributed by atoms with Gasteiger partial charge in [0.25, 0.3) is 0 Å². The van der Waals surface area contributed by atoms with Gasteiger partial charge < -0.3 is 4.74 Å². The van der Waals surface area contributed by atoms with Crippen LogP contribution in [-0.4, -0.2) is 0 Å². The lowest BCUT2D eigenvalue weighted by atomic mass is 9.82. The summed E-state index contributed by atoms with van der Waals surface area (Å²) < 4.78 is 7.32. The minimum absolute atomic E-state index is 0.890. The second-order valence-corrected chi connectivity index (χ2v) is 16.7. The lowest BCUT2D eigenvalue weighted by Gasteiger charge is -2.27. The Morgan fingerprint density at radius 2 is 0.705 bits per heavy atom. The van der Waals surface area contributed by atoms with Gasteiger partial charge in [0.1, 0.15) is 11.5 Å². The van der Waals surface area contributed by atoms with Crippen molar-refractivity contribution in [3.05, 3.63) is 206 Å². The Morgan fingerprint density at radius 1 is 0.230 bits per heavy atom. The van der Waals surface area contributed by atoms with Gasteiger partial charge in [0.2, 0.25) is 0 Å². The molecule has 0 radical (unpaired) electrons. The van der Waals surface area contributed by atoms with Crippen LogP contribution in [0, 0.1) is 0 Å². The maximum absolute atomic E-state index is 7.32. The smallest absolute Gasteiger partial charge is 0.143 e. The Hall–Kier alpha value is -8.00. The minimum atomic E-state index is 0.890. The molecule has 0 N–H and O–H groups in total. The summed E-state index contributed by atoms with van der Waals surface area (Å²) in [5.41, 5.74) is 7.24. The highest BCUT2D eigenvalue weighted by Crippen LogP contribution is 2.56. The molecule has 280 valence electrons. The Labute approximate surface area is 351 Å². The van der Waals surface area contributed by atoms with Gasteiger partial charge in [-0.25, -0.2) is 0 Å². The summed E-state index contributed by atoms with van der Waals surface area (Å²) in [5.74, 6) is 1.81. The first-order valence-corrected chi connectivity index (χ1v) is 21.2. The lowest BCUT2D eigenvalue weighted by molar-refractivity contribution is 0.493. The quantitative estimate of drug-likeness (QED) is 0.126. The molecule has 1 heteroatoms. The largest absolute Gasteiger partial charge is 0.455 e. The van der Waals surface area contributed by atoms with Crippen LogP contribution in [0.3, 0.4) is 0 Å². The van der Waals surface area contributed by atoms with Gasteiger partial charge in [-0.15, -0.1) is 0 Å². The van der Waals surface area contributed by atoms with E-state index in [1.807, 2.05) is 0 Å². The highest BCUT2D eigenvalue weighted by molar-refractivity contribution is 6.28. The van der Waals surface area contributed by atoms with E-state index in [2.05, 4.69) is 206 Å². The zero-order valence-corrected chi connectivity index (χ0v) is 33.0. The molecule has 1 aliphatic rings. The van der Waals surface area contributed by atoms with Gasteiger partial charge in [-0.05, 0) is 144 Å².